The molecule has 1 heterocycles. The van der Waals surface area contributed by atoms with Crippen LogP contribution in [-0.4, -0.2) is 50.2 Å². The molecule has 74 valence electrons. The molecular weight excluding hydrogens is 168 g/mol. The van der Waals surface area contributed by atoms with Gasteiger partial charge in [0.1, 0.15) is 0 Å². The van der Waals surface area contributed by atoms with Gasteiger partial charge in [-0.2, -0.15) is 0 Å². The van der Waals surface area contributed by atoms with Gasteiger partial charge in [-0.05, 0) is 13.5 Å². The van der Waals surface area contributed by atoms with Gasteiger partial charge in [0.25, 0.3) is 0 Å². The van der Waals surface area contributed by atoms with Crippen LogP contribution in [0.5, 0.6) is 0 Å². The second-order valence-corrected chi connectivity index (χ2v) is 2.95. The Morgan fingerprint density at radius 3 is 2.77 bits per heavy atom. The third-order valence-corrected chi connectivity index (χ3v) is 2.02. The predicted molar refractivity (Wildman–Crippen MR) is 49.2 cm³/mol. The highest BCUT2D eigenvalue weighted by Gasteiger charge is 2.15. The Labute approximate surface area is 79.2 Å². The van der Waals surface area contributed by atoms with Crippen LogP contribution in [0.1, 0.15) is 6.42 Å². The fraction of sp³-hybridized carbons (Fsp3) is 0.778. The number of morpholine rings is 1. The minimum absolute atomic E-state index is 0.184. The lowest BCUT2D eigenvalue weighted by Crippen LogP contribution is -2.41. The van der Waals surface area contributed by atoms with E-state index in [2.05, 4.69) is 5.32 Å². The summed E-state index contributed by atoms with van der Waals surface area (Å²) < 4.78 is 5.15. The van der Waals surface area contributed by atoms with Crippen LogP contribution in [0.3, 0.4) is 0 Å². The Bertz CT molecular complexity index is 156. The van der Waals surface area contributed by atoms with Crippen LogP contribution in [0.4, 0.5) is 0 Å². The number of rotatable bonds is 4. The van der Waals surface area contributed by atoms with Crippen molar-refractivity contribution in [1.29, 1.82) is 0 Å². The fourth-order valence-corrected chi connectivity index (χ4v) is 1.27. The van der Waals surface area contributed by atoms with Crippen LogP contribution in [0.15, 0.2) is 0 Å². The highest BCUT2D eigenvalue weighted by molar-refractivity contribution is 5.76. The first kappa shape index (κ1) is 10.5. The molecule has 1 rings (SSSR count). The molecule has 0 aromatic rings. The summed E-state index contributed by atoms with van der Waals surface area (Å²) in [5.74, 6) is 0.184. The van der Waals surface area contributed by atoms with E-state index in [1.165, 1.54) is 0 Å². The van der Waals surface area contributed by atoms with E-state index in [1.54, 1.807) is 0 Å². The monoisotopic (exact) mass is 184 g/mol. The lowest BCUT2D eigenvalue weighted by molar-refractivity contribution is -0.135. The molecule has 0 aliphatic carbocycles. The average Bonchev–Trinajstić information content (AvgIpc) is 2.19. The second kappa shape index (κ2) is 5.94. The number of hydrogen-bond donors (Lipinski definition) is 1. The number of amides is 1. The topological polar surface area (TPSA) is 41.6 Å². The lowest BCUT2D eigenvalue weighted by atomic mass is 10.3. The van der Waals surface area contributed by atoms with Gasteiger partial charge in [0.15, 0.2) is 0 Å². The Kier molecular flexibility index (Phi) is 4.78. The minimum atomic E-state index is 0.184. The van der Waals surface area contributed by atoms with Gasteiger partial charge in [-0.15, -0.1) is 0 Å². The van der Waals surface area contributed by atoms with E-state index < -0.39 is 0 Å². The first-order valence-electron chi connectivity index (χ1n) is 4.61. The minimum Gasteiger partial charge on any atom is -0.378 e. The van der Waals surface area contributed by atoms with Crippen molar-refractivity contribution in [3.8, 4) is 0 Å². The van der Waals surface area contributed by atoms with E-state index in [0.29, 0.717) is 32.7 Å². The number of hydrogen-bond acceptors (Lipinski definition) is 3. The summed E-state index contributed by atoms with van der Waals surface area (Å²) in [6, 6.07) is 0. The molecule has 1 aliphatic heterocycles. The van der Waals surface area contributed by atoms with Crippen molar-refractivity contribution in [2.24, 2.45) is 0 Å². The van der Waals surface area contributed by atoms with Crippen LogP contribution >= 0.6 is 0 Å². The summed E-state index contributed by atoms with van der Waals surface area (Å²) in [6.45, 7) is 9.10. The highest BCUT2D eigenvalue weighted by Crippen LogP contribution is 1.99. The van der Waals surface area contributed by atoms with Gasteiger partial charge in [0.05, 0.1) is 13.2 Å². The van der Waals surface area contributed by atoms with Gasteiger partial charge >= 0.3 is 0 Å². The Morgan fingerprint density at radius 1 is 1.46 bits per heavy atom. The van der Waals surface area contributed by atoms with E-state index in [4.69, 9.17) is 11.7 Å². The highest BCUT2D eigenvalue weighted by atomic mass is 16.5. The van der Waals surface area contributed by atoms with Crippen LogP contribution < -0.4 is 5.32 Å². The van der Waals surface area contributed by atoms with Crippen LogP contribution in [0.2, 0.25) is 0 Å². The van der Waals surface area contributed by atoms with Crippen LogP contribution in [0.25, 0.3) is 0 Å². The molecule has 0 aromatic heterocycles. The van der Waals surface area contributed by atoms with Crippen molar-refractivity contribution in [2.75, 3.05) is 39.4 Å². The van der Waals surface area contributed by atoms with Gasteiger partial charge in [-0.3, -0.25) is 4.79 Å². The molecule has 0 unspecified atom stereocenters. The number of ether oxygens (including phenoxy) is 1. The quantitative estimate of drug-likeness (QED) is 0.601. The molecule has 13 heavy (non-hydrogen) atoms. The van der Waals surface area contributed by atoms with E-state index in [0.717, 1.165) is 13.1 Å². The molecule has 0 aromatic carbocycles. The number of carbonyl (C=O) groups excluding carboxylic acids is 1. The molecule has 1 aliphatic rings. The number of nitrogens with one attached hydrogen (secondary N) is 1. The maximum absolute atomic E-state index is 11.5. The van der Waals surface area contributed by atoms with Crippen molar-refractivity contribution < 1.29 is 9.53 Å². The van der Waals surface area contributed by atoms with E-state index >= 15 is 0 Å². The average molecular weight is 184 g/mol. The van der Waals surface area contributed by atoms with Crippen molar-refractivity contribution in [3.05, 3.63) is 6.92 Å². The molecule has 1 saturated heterocycles. The van der Waals surface area contributed by atoms with Crippen molar-refractivity contribution >= 4 is 5.91 Å². The Morgan fingerprint density at radius 2 is 2.15 bits per heavy atom. The van der Waals surface area contributed by atoms with Crippen LogP contribution in [-0.2, 0) is 9.53 Å². The van der Waals surface area contributed by atoms with Gasteiger partial charge in [0.2, 0.25) is 5.91 Å². The van der Waals surface area contributed by atoms with E-state index in [9.17, 15) is 4.79 Å². The van der Waals surface area contributed by atoms with Gasteiger partial charge in [-0.1, -0.05) is 0 Å². The Balaban J connectivity index is 2.13. The summed E-state index contributed by atoms with van der Waals surface area (Å²) in [7, 11) is 0. The first-order chi connectivity index (χ1) is 6.34. The van der Waals surface area contributed by atoms with E-state index in [1.807, 2.05) is 4.90 Å². The van der Waals surface area contributed by atoms with Gasteiger partial charge < -0.3 is 15.0 Å². The third kappa shape index (κ3) is 3.74. The summed E-state index contributed by atoms with van der Waals surface area (Å²) in [5, 5.41) is 2.92. The Hall–Kier alpha value is -0.610. The smallest absolute Gasteiger partial charge is 0.224 e. The molecule has 2 radical (unpaired) electrons. The van der Waals surface area contributed by atoms with E-state index in [-0.39, 0.29) is 5.91 Å². The van der Waals surface area contributed by atoms with Crippen molar-refractivity contribution in [3.63, 3.8) is 0 Å². The first-order valence-corrected chi connectivity index (χ1v) is 4.61. The lowest BCUT2D eigenvalue weighted by Gasteiger charge is -2.26. The normalized spacial score (nSPS) is 17.5. The molecule has 1 amide bonds. The van der Waals surface area contributed by atoms with Gasteiger partial charge in [0, 0.05) is 26.1 Å². The zero-order valence-electron chi connectivity index (χ0n) is 7.79. The molecule has 1 N–H and O–H groups in total. The molecule has 4 heteroatoms. The molecule has 1 fully saturated rings. The second-order valence-electron chi connectivity index (χ2n) is 2.95. The molecule has 0 bridgehead atoms. The molecule has 0 atom stereocenters. The molecule has 0 saturated carbocycles. The van der Waals surface area contributed by atoms with Crippen molar-refractivity contribution in [2.45, 2.75) is 6.42 Å². The third-order valence-electron chi connectivity index (χ3n) is 2.02. The number of nitrogens with zero attached hydrogens (tertiary/aromatic N) is 1. The summed E-state index contributed by atoms with van der Waals surface area (Å²) in [5.41, 5.74) is 0. The van der Waals surface area contributed by atoms with Crippen LogP contribution in [0, 0.1) is 6.92 Å². The zero-order chi connectivity index (χ0) is 9.52. The molecule has 4 nitrogen and oxygen atoms in total. The zero-order valence-corrected chi connectivity index (χ0v) is 7.79. The van der Waals surface area contributed by atoms with Gasteiger partial charge in [-0.25, -0.2) is 0 Å². The summed E-state index contributed by atoms with van der Waals surface area (Å²) in [4.78, 5) is 13.3. The predicted octanol–water partition coefficient (Wildman–Crippen LogP) is -0.464. The molecular formula is C9H16N2O2. The number of carbonyl (C=O) groups is 1. The summed E-state index contributed by atoms with van der Waals surface area (Å²) >= 11 is 0. The maximum Gasteiger partial charge on any atom is 0.224 e. The largest absolute Gasteiger partial charge is 0.378 e. The summed E-state index contributed by atoms with van der Waals surface area (Å²) in [6.07, 6.45) is 0.525. The fourth-order valence-electron chi connectivity index (χ4n) is 1.27. The molecule has 0 spiro atoms. The maximum atomic E-state index is 11.5. The standard InChI is InChI=1S/C9H16N2O2/c1-2-10-4-3-9(12)11-5-7-13-8-6-11/h1,10H,2-8H2. The van der Waals surface area contributed by atoms with Crippen molar-refractivity contribution in [1.82, 2.24) is 10.2 Å². The SMILES string of the molecule is [CH]CNCCC(=O)N1CCOCC1.